The molecule has 0 fully saturated rings. The van der Waals surface area contributed by atoms with Crippen LogP contribution in [0.25, 0.3) is 10.1 Å². The van der Waals surface area contributed by atoms with Crippen LogP contribution in [0.1, 0.15) is 40.6 Å². The fourth-order valence-corrected chi connectivity index (χ4v) is 4.80. The molecule has 0 radical (unpaired) electrons. The Bertz CT molecular complexity index is 1430. The number of ether oxygens (including phenoxy) is 3. The topological polar surface area (TPSA) is 86.2 Å². The highest BCUT2D eigenvalue weighted by Gasteiger charge is 2.19. The van der Waals surface area contributed by atoms with E-state index in [-0.39, 0.29) is 12.5 Å². The molecule has 0 atom stereocenters. The van der Waals surface area contributed by atoms with Crippen molar-refractivity contribution in [1.82, 2.24) is 5.43 Å². The molecule has 3 aromatic carbocycles. The van der Waals surface area contributed by atoms with Gasteiger partial charge in [-0.05, 0) is 71.6 Å². The Balaban J connectivity index is 1.28. The van der Waals surface area contributed by atoms with E-state index < -0.39 is 5.97 Å². The van der Waals surface area contributed by atoms with E-state index in [0.717, 1.165) is 10.1 Å². The summed E-state index contributed by atoms with van der Waals surface area (Å²) in [6.07, 6.45) is 1.48. The van der Waals surface area contributed by atoms with Crippen LogP contribution in [0.2, 0.25) is 5.02 Å². The Labute approximate surface area is 223 Å². The van der Waals surface area contributed by atoms with Crippen molar-refractivity contribution < 1.29 is 23.8 Å². The first-order valence-electron chi connectivity index (χ1n) is 11.5. The van der Waals surface area contributed by atoms with E-state index in [9.17, 15) is 9.59 Å². The van der Waals surface area contributed by atoms with Crippen molar-refractivity contribution in [2.75, 3.05) is 13.7 Å². The largest absolute Gasteiger partial charge is 0.497 e. The first kappa shape index (κ1) is 26.2. The van der Waals surface area contributed by atoms with E-state index >= 15 is 0 Å². The molecule has 0 bridgehead atoms. The minimum Gasteiger partial charge on any atom is -0.497 e. The lowest BCUT2D eigenvalue weighted by Crippen LogP contribution is -2.24. The van der Waals surface area contributed by atoms with Crippen LogP contribution < -0.4 is 19.6 Å². The van der Waals surface area contributed by atoms with Crippen LogP contribution in [0.5, 0.6) is 17.2 Å². The van der Waals surface area contributed by atoms with Gasteiger partial charge in [0.25, 0.3) is 5.91 Å². The maximum absolute atomic E-state index is 12.7. The second-order valence-electron chi connectivity index (χ2n) is 8.37. The summed E-state index contributed by atoms with van der Waals surface area (Å²) in [7, 11) is 1.58. The number of amides is 1. The lowest BCUT2D eigenvalue weighted by atomic mass is 10.0. The number of nitrogens with zero attached hydrogens (tertiary/aromatic N) is 1. The van der Waals surface area contributed by atoms with Gasteiger partial charge in [0.15, 0.2) is 6.61 Å². The maximum Gasteiger partial charge on any atom is 0.355 e. The standard InChI is InChI=1S/C28H25ClN2O5S/c1-17(2)19-6-10-20(11-7-19)35-16-25(32)31-30-15-18-4-8-21(9-5-18)36-28(33)27-26(29)23-13-12-22(34-3)14-24(23)37-27/h4-15,17H,16H2,1-3H3,(H,31,32)/b30-15+. The van der Waals surface area contributed by atoms with E-state index in [1.165, 1.54) is 23.1 Å². The van der Waals surface area contributed by atoms with E-state index in [2.05, 4.69) is 24.4 Å². The van der Waals surface area contributed by atoms with Crippen LogP contribution in [0.3, 0.4) is 0 Å². The first-order valence-corrected chi connectivity index (χ1v) is 12.7. The fraction of sp³-hybridized carbons (Fsp3) is 0.179. The molecule has 9 heteroatoms. The fourth-order valence-electron chi connectivity index (χ4n) is 3.39. The third kappa shape index (κ3) is 6.67. The Kier molecular flexibility index (Phi) is 8.43. The van der Waals surface area contributed by atoms with Crippen molar-refractivity contribution in [1.29, 1.82) is 0 Å². The van der Waals surface area contributed by atoms with Crippen LogP contribution in [0.15, 0.2) is 71.8 Å². The Morgan fingerprint density at radius 1 is 1.00 bits per heavy atom. The number of halogens is 1. The molecule has 0 aliphatic rings. The molecule has 1 heterocycles. The van der Waals surface area contributed by atoms with Gasteiger partial charge in [-0.1, -0.05) is 37.6 Å². The molecule has 0 saturated heterocycles. The number of nitrogens with one attached hydrogen (secondary N) is 1. The van der Waals surface area contributed by atoms with Gasteiger partial charge in [-0.25, -0.2) is 10.2 Å². The van der Waals surface area contributed by atoms with Gasteiger partial charge in [-0.15, -0.1) is 11.3 Å². The monoisotopic (exact) mass is 536 g/mol. The van der Waals surface area contributed by atoms with E-state index in [1.807, 2.05) is 36.4 Å². The van der Waals surface area contributed by atoms with Gasteiger partial charge in [0.05, 0.1) is 18.3 Å². The first-order chi connectivity index (χ1) is 17.8. The Morgan fingerprint density at radius 2 is 1.68 bits per heavy atom. The van der Waals surface area contributed by atoms with Crippen molar-refractivity contribution in [3.63, 3.8) is 0 Å². The second-order valence-corrected chi connectivity index (χ2v) is 9.80. The zero-order valence-electron chi connectivity index (χ0n) is 20.5. The van der Waals surface area contributed by atoms with Gasteiger partial charge in [-0.3, -0.25) is 4.79 Å². The number of carbonyl (C=O) groups excluding carboxylic acids is 2. The van der Waals surface area contributed by atoms with Gasteiger partial charge in [0, 0.05) is 10.1 Å². The predicted molar refractivity (Wildman–Crippen MR) is 147 cm³/mol. The van der Waals surface area contributed by atoms with Crippen molar-refractivity contribution in [2.24, 2.45) is 5.10 Å². The molecule has 4 aromatic rings. The van der Waals surface area contributed by atoms with Crippen LogP contribution in [0.4, 0.5) is 0 Å². The maximum atomic E-state index is 12.7. The molecule has 1 amide bonds. The summed E-state index contributed by atoms with van der Waals surface area (Å²) in [5, 5.41) is 5.06. The number of fused-ring (bicyclic) bond motifs is 1. The molecular weight excluding hydrogens is 512 g/mol. The number of esters is 1. The summed E-state index contributed by atoms with van der Waals surface area (Å²) in [4.78, 5) is 25.0. The van der Waals surface area contributed by atoms with Crippen molar-refractivity contribution in [3.05, 3.63) is 87.8 Å². The van der Waals surface area contributed by atoms with Gasteiger partial charge < -0.3 is 14.2 Å². The summed E-state index contributed by atoms with van der Waals surface area (Å²) in [6, 6.07) is 19.8. The molecule has 0 spiro atoms. The average Bonchev–Trinajstić information content (AvgIpc) is 3.24. The number of hydrogen-bond donors (Lipinski definition) is 1. The zero-order chi connectivity index (χ0) is 26.4. The predicted octanol–water partition coefficient (Wildman–Crippen LogP) is 6.44. The highest BCUT2D eigenvalue weighted by atomic mass is 35.5. The lowest BCUT2D eigenvalue weighted by Gasteiger charge is -2.08. The van der Waals surface area contributed by atoms with E-state index in [4.69, 9.17) is 25.8 Å². The van der Waals surface area contributed by atoms with Gasteiger partial charge in [0.2, 0.25) is 0 Å². The molecule has 1 N–H and O–H groups in total. The molecule has 7 nitrogen and oxygen atoms in total. The number of carbonyl (C=O) groups is 2. The van der Waals surface area contributed by atoms with Crippen LogP contribution >= 0.6 is 22.9 Å². The highest BCUT2D eigenvalue weighted by molar-refractivity contribution is 7.21. The zero-order valence-corrected chi connectivity index (χ0v) is 22.1. The summed E-state index contributed by atoms with van der Waals surface area (Å²) in [5.41, 5.74) is 4.33. The van der Waals surface area contributed by atoms with Crippen molar-refractivity contribution in [3.8, 4) is 17.2 Å². The second kappa shape index (κ2) is 11.9. The lowest BCUT2D eigenvalue weighted by molar-refractivity contribution is -0.123. The number of hydrogen-bond acceptors (Lipinski definition) is 7. The van der Waals surface area contributed by atoms with Crippen LogP contribution in [-0.4, -0.2) is 31.8 Å². The summed E-state index contributed by atoms with van der Waals surface area (Å²) >= 11 is 7.65. The van der Waals surface area contributed by atoms with Gasteiger partial charge in [0.1, 0.15) is 22.1 Å². The van der Waals surface area contributed by atoms with Crippen molar-refractivity contribution >= 4 is 51.1 Å². The Morgan fingerprint density at radius 3 is 2.35 bits per heavy atom. The molecule has 1 aromatic heterocycles. The molecule has 190 valence electrons. The van der Waals surface area contributed by atoms with Crippen molar-refractivity contribution in [2.45, 2.75) is 19.8 Å². The summed E-state index contributed by atoms with van der Waals surface area (Å²) in [5.74, 6) is 1.16. The third-order valence-corrected chi connectivity index (χ3v) is 7.07. The summed E-state index contributed by atoms with van der Waals surface area (Å²) in [6.45, 7) is 4.07. The number of hydrazone groups is 1. The number of thiophene rings is 1. The van der Waals surface area contributed by atoms with E-state index in [0.29, 0.717) is 38.6 Å². The molecular formula is C28H25ClN2O5S. The normalized spacial score (nSPS) is 11.2. The van der Waals surface area contributed by atoms with Gasteiger partial charge in [-0.2, -0.15) is 5.10 Å². The number of benzene rings is 3. The molecule has 4 rings (SSSR count). The average molecular weight is 537 g/mol. The minimum absolute atomic E-state index is 0.152. The highest BCUT2D eigenvalue weighted by Crippen LogP contribution is 2.37. The molecule has 0 saturated carbocycles. The van der Waals surface area contributed by atoms with Gasteiger partial charge >= 0.3 is 5.97 Å². The quantitative estimate of drug-likeness (QED) is 0.115. The molecule has 37 heavy (non-hydrogen) atoms. The number of rotatable bonds is 9. The smallest absolute Gasteiger partial charge is 0.355 e. The SMILES string of the molecule is COc1ccc2c(Cl)c(C(=O)Oc3ccc(/C=N/NC(=O)COc4ccc(C(C)C)cc4)cc3)sc2c1. The number of methoxy groups -OCH3 is 1. The van der Waals surface area contributed by atoms with Crippen LogP contribution in [0, 0.1) is 0 Å². The minimum atomic E-state index is -0.544. The summed E-state index contributed by atoms with van der Waals surface area (Å²) < 4.78 is 17.0. The van der Waals surface area contributed by atoms with E-state index in [1.54, 1.807) is 37.4 Å². The Hall–Kier alpha value is -3.88. The van der Waals surface area contributed by atoms with Crippen LogP contribution in [-0.2, 0) is 4.79 Å². The molecule has 0 aliphatic carbocycles. The third-order valence-electron chi connectivity index (χ3n) is 5.43. The molecule has 0 unspecified atom stereocenters. The molecule has 0 aliphatic heterocycles.